The second kappa shape index (κ2) is 13.2. The van der Waals surface area contributed by atoms with E-state index in [9.17, 15) is 9.59 Å². The number of amides is 2. The predicted octanol–water partition coefficient (Wildman–Crippen LogP) is 7.48. The Labute approximate surface area is 239 Å². The van der Waals surface area contributed by atoms with Crippen LogP contribution in [-0.2, 0) is 48.6 Å². The van der Waals surface area contributed by atoms with Crippen molar-refractivity contribution < 1.29 is 9.59 Å². The third-order valence-corrected chi connectivity index (χ3v) is 9.59. The van der Waals surface area contributed by atoms with Crippen molar-refractivity contribution in [2.45, 2.75) is 39.0 Å². The van der Waals surface area contributed by atoms with Crippen LogP contribution in [0, 0.1) is 0 Å². The first kappa shape index (κ1) is 26.6. The molecule has 0 saturated carbocycles. The zero-order valence-corrected chi connectivity index (χ0v) is 24.1. The summed E-state index contributed by atoms with van der Waals surface area (Å²) in [7, 11) is 0. The standard InChI is InChI=1S/C30H28N2O2S4/c33-29(31(19-25-5-1-13-35-25)20-26-6-2-14-36-26)17-23-9-11-24(12-10-23)18-30(34)32(21-27-7-3-15-37-27)22-28-8-4-16-38-28/h1-16H,17-22H2. The lowest BCUT2D eigenvalue weighted by Gasteiger charge is -2.22. The zero-order chi connectivity index (χ0) is 26.2. The molecule has 0 aliphatic heterocycles. The summed E-state index contributed by atoms with van der Waals surface area (Å²) in [5.41, 5.74) is 1.92. The van der Waals surface area contributed by atoms with Gasteiger partial charge in [0.2, 0.25) is 11.8 Å². The molecule has 0 radical (unpaired) electrons. The smallest absolute Gasteiger partial charge is 0.227 e. The Kier molecular flexibility index (Phi) is 9.19. The van der Waals surface area contributed by atoms with E-state index in [-0.39, 0.29) is 11.8 Å². The summed E-state index contributed by atoms with van der Waals surface area (Å²) in [4.78, 5) is 35.2. The molecule has 194 valence electrons. The number of hydrogen-bond acceptors (Lipinski definition) is 6. The molecular formula is C30H28N2O2S4. The first-order chi connectivity index (χ1) is 18.6. The summed E-state index contributed by atoms with van der Waals surface area (Å²) in [6, 6.07) is 24.3. The van der Waals surface area contributed by atoms with Crippen molar-refractivity contribution in [3.8, 4) is 0 Å². The van der Waals surface area contributed by atoms with Crippen molar-refractivity contribution in [1.29, 1.82) is 0 Å². The van der Waals surface area contributed by atoms with Crippen LogP contribution >= 0.6 is 45.3 Å². The number of rotatable bonds is 12. The van der Waals surface area contributed by atoms with E-state index in [2.05, 4.69) is 24.3 Å². The maximum Gasteiger partial charge on any atom is 0.227 e. The van der Waals surface area contributed by atoms with Gasteiger partial charge in [-0.1, -0.05) is 48.5 Å². The van der Waals surface area contributed by atoms with Gasteiger partial charge in [0.15, 0.2) is 0 Å². The third kappa shape index (κ3) is 7.51. The van der Waals surface area contributed by atoms with Crippen LogP contribution in [0.3, 0.4) is 0 Å². The van der Waals surface area contributed by atoms with E-state index < -0.39 is 0 Å². The maximum atomic E-state index is 13.3. The summed E-state index contributed by atoms with van der Waals surface area (Å²) in [5, 5.41) is 8.19. The van der Waals surface area contributed by atoms with Gasteiger partial charge in [-0.25, -0.2) is 0 Å². The average Bonchev–Trinajstić information content (AvgIpc) is 3.74. The van der Waals surface area contributed by atoms with E-state index >= 15 is 0 Å². The molecule has 0 N–H and O–H groups in total. The summed E-state index contributed by atoms with van der Waals surface area (Å²) >= 11 is 6.70. The topological polar surface area (TPSA) is 40.6 Å². The summed E-state index contributed by atoms with van der Waals surface area (Å²) < 4.78 is 0. The molecule has 5 aromatic rings. The first-order valence-electron chi connectivity index (χ1n) is 12.4. The minimum Gasteiger partial charge on any atom is -0.332 e. The molecule has 8 heteroatoms. The molecule has 38 heavy (non-hydrogen) atoms. The molecule has 1 aromatic carbocycles. The number of thiophene rings is 4. The summed E-state index contributed by atoms with van der Waals surface area (Å²) in [5.74, 6) is 0.211. The lowest BCUT2D eigenvalue weighted by Crippen LogP contribution is -2.31. The molecule has 2 amide bonds. The highest BCUT2D eigenvalue weighted by Crippen LogP contribution is 2.20. The molecule has 0 saturated heterocycles. The second-order valence-electron chi connectivity index (χ2n) is 8.99. The van der Waals surface area contributed by atoms with Gasteiger partial charge in [0.25, 0.3) is 0 Å². The van der Waals surface area contributed by atoms with Crippen molar-refractivity contribution in [3.63, 3.8) is 0 Å². The largest absolute Gasteiger partial charge is 0.332 e. The van der Waals surface area contributed by atoms with Crippen LogP contribution in [0.5, 0.6) is 0 Å². The minimum atomic E-state index is 0.105. The maximum absolute atomic E-state index is 13.3. The van der Waals surface area contributed by atoms with E-state index in [1.54, 1.807) is 45.3 Å². The van der Waals surface area contributed by atoms with Gasteiger partial charge in [-0.3, -0.25) is 9.59 Å². The Morgan fingerprint density at radius 1 is 0.474 bits per heavy atom. The molecule has 4 nitrogen and oxygen atoms in total. The quantitative estimate of drug-likeness (QED) is 0.155. The van der Waals surface area contributed by atoms with Crippen LogP contribution in [0.2, 0.25) is 0 Å². The van der Waals surface area contributed by atoms with Crippen molar-refractivity contribution in [2.24, 2.45) is 0 Å². The van der Waals surface area contributed by atoms with E-state index in [1.165, 1.54) is 19.5 Å². The fraction of sp³-hybridized carbons (Fsp3) is 0.200. The van der Waals surface area contributed by atoms with Gasteiger partial charge in [0.1, 0.15) is 0 Å². The molecule has 0 bridgehead atoms. The van der Waals surface area contributed by atoms with Gasteiger partial charge >= 0.3 is 0 Å². The summed E-state index contributed by atoms with van der Waals surface area (Å²) in [6.45, 7) is 2.47. The third-order valence-electron chi connectivity index (χ3n) is 6.15. The van der Waals surface area contributed by atoms with Crippen molar-refractivity contribution in [2.75, 3.05) is 0 Å². The van der Waals surface area contributed by atoms with E-state index in [1.807, 2.05) is 79.9 Å². The highest BCUT2D eigenvalue weighted by atomic mass is 32.1. The van der Waals surface area contributed by atoms with Gasteiger partial charge in [0.05, 0.1) is 39.0 Å². The monoisotopic (exact) mass is 576 g/mol. The van der Waals surface area contributed by atoms with Crippen LogP contribution < -0.4 is 0 Å². The molecule has 0 aliphatic rings. The Morgan fingerprint density at radius 2 is 0.763 bits per heavy atom. The predicted molar refractivity (Wildman–Crippen MR) is 160 cm³/mol. The molecule has 0 fully saturated rings. The number of hydrogen-bond donors (Lipinski definition) is 0. The molecule has 0 unspecified atom stereocenters. The molecule has 0 atom stereocenters. The molecule has 4 heterocycles. The lowest BCUT2D eigenvalue weighted by atomic mass is 10.1. The molecule has 4 aromatic heterocycles. The van der Waals surface area contributed by atoms with Gasteiger partial charge in [-0.2, -0.15) is 0 Å². The molecular weight excluding hydrogens is 549 g/mol. The second-order valence-corrected chi connectivity index (χ2v) is 13.1. The summed E-state index contributed by atoms with van der Waals surface area (Å²) in [6.07, 6.45) is 0.682. The number of nitrogens with zero attached hydrogens (tertiary/aromatic N) is 2. The lowest BCUT2D eigenvalue weighted by molar-refractivity contribution is -0.132. The van der Waals surface area contributed by atoms with Crippen LogP contribution in [0.25, 0.3) is 0 Å². The Morgan fingerprint density at radius 3 is 1.00 bits per heavy atom. The van der Waals surface area contributed by atoms with Crippen LogP contribution in [0.15, 0.2) is 94.3 Å². The Hall–Kier alpha value is -3.04. The minimum absolute atomic E-state index is 0.105. The van der Waals surface area contributed by atoms with E-state index in [0.717, 1.165) is 11.1 Å². The number of carbonyl (C=O) groups is 2. The highest BCUT2D eigenvalue weighted by molar-refractivity contribution is 7.10. The normalized spacial score (nSPS) is 10.9. The van der Waals surface area contributed by atoms with Crippen LogP contribution in [0.1, 0.15) is 30.6 Å². The van der Waals surface area contributed by atoms with Gasteiger partial charge < -0.3 is 9.80 Å². The highest BCUT2D eigenvalue weighted by Gasteiger charge is 2.18. The van der Waals surface area contributed by atoms with Gasteiger partial charge in [-0.15, -0.1) is 45.3 Å². The molecule has 0 aliphatic carbocycles. The fourth-order valence-corrected chi connectivity index (χ4v) is 7.05. The fourth-order valence-electron chi connectivity index (χ4n) is 4.17. The number of benzene rings is 1. The van der Waals surface area contributed by atoms with Crippen LogP contribution in [0.4, 0.5) is 0 Å². The molecule has 5 rings (SSSR count). The number of carbonyl (C=O) groups excluding carboxylic acids is 2. The van der Waals surface area contributed by atoms with Crippen LogP contribution in [-0.4, -0.2) is 21.6 Å². The van der Waals surface area contributed by atoms with Crippen molar-refractivity contribution >= 4 is 57.2 Å². The van der Waals surface area contributed by atoms with Gasteiger partial charge in [0, 0.05) is 19.5 Å². The first-order valence-corrected chi connectivity index (χ1v) is 15.9. The van der Waals surface area contributed by atoms with E-state index in [0.29, 0.717) is 39.0 Å². The SMILES string of the molecule is O=C(Cc1ccc(CC(=O)N(Cc2cccs2)Cc2cccs2)cc1)N(Cc1cccs1)Cc1cccs1. The van der Waals surface area contributed by atoms with Crippen molar-refractivity contribution in [1.82, 2.24) is 9.80 Å². The van der Waals surface area contributed by atoms with Crippen molar-refractivity contribution in [3.05, 3.63) is 125 Å². The van der Waals surface area contributed by atoms with E-state index in [4.69, 9.17) is 0 Å². The zero-order valence-electron chi connectivity index (χ0n) is 20.8. The Bertz CT molecular complexity index is 1210. The Balaban J connectivity index is 1.22. The average molecular weight is 577 g/mol. The molecule has 0 spiro atoms. The van der Waals surface area contributed by atoms with Gasteiger partial charge in [-0.05, 0) is 56.9 Å².